The van der Waals surface area contributed by atoms with Crippen molar-refractivity contribution in [2.75, 3.05) is 6.61 Å². The molecule has 0 amide bonds. The fraction of sp³-hybridized carbons (Fsp3) is 0.500. The van der Waals surface area contributed by atoms with Crippen LogP contribution in [0.1, 0.15) is 36.3 Å². The average molecular weight is 284 g/mol. The zero-order valence-electron chi connectivity index (χ0n) is 10.5. The highest BCUT2D eigenvalue weighted by Crippen LogP contribution is 2.21. The highest BCUT2D eigenvalue weighted by Gasteiger charge is 2.16. The summed E-state index contributed by atoms with van der Waals surface area (Å²) >= 11 is 1.21. The van der Waals surface area contributed by atoms with Crippen molar-refractivity contribution in [1.82, 2.24) is 20.4 Å². The van der Waals surface area contributed by atoms with Gasteiger partial charge in [0.05, 0.1) is 12.4 Å². The molecule has 0 aliphatic rings. The summed E-state index contributed by atoms with van der Waals surface area (Å²) in [5.74, 6) is 0.653. The second-order valence-corrected chi connectivity index (χ2v) is 4.25. The van der Waals surface area contributed by atoms with Gasteiger partial charge < -0.3 is 13.6 Å². The lowest BCUT2D eigenvalue weighted by atomic mass is 10.5. The van der Waals surface area contributed by atoms with Crippen LogP contribution in [0.2, 0.25) is 0 Å². The summed E-state index contributed by atoms with van der Waals surface area (Å²) in [6, 6.07) is 0. The highest BCUT2D eigenvalue weighted by atomic mass is 32.2. The van der Waals surface area contributed by atoms with Gasteiger partial charge in [-0.2, -0.15) is 0 Å². The molecule has 0 aliphatic carbocycles. The fourth-order valence-corrected chi connectivity index (χ4v) is 1.76. The van der Waals surface area contributed by atoms with E-state index in [9.17, 15) is 4.79 Å². The van der Waals surface area contributed by atoms with Crippen LogP contribution in [0, 0.1) is 0 Å². The van der Waals surface area contributed by atoms with Crippen LogP contribution in [0.5, 0.6) is 0 Å². The van der Waals surface area contributed by atoms with Gasteiger partial charge in [0.25, 0.3) is 5.22 Å². The molecule has 0 fully saturated rings. The van der Waals surface area contributed by atoms with E-state index in [4.69, 9.17) is 13.6 Å². The normalized spacial score (nSPS) is 10.6. The number of hydrogen-bond acceptors (Lipinski definition) is 9. The quantitative estimate of drug-likeness (QED) is 0.576. The number of thioether (sulfide) groups is 1. The first-order valence-electron chi connectivity index (χ1n) is 5.67. The predicted octanol–water partition coefficient (Wildman–Crippen LogP) is 1.48. The Labute approximate surface area is 112 Å². The second-order valence-electron chi connectivity index (χ2n) is 3.33. The van der Waals surface area contributed by atoms with Crippen LogP contribution in [0.15, 0.2) is 14.1 Å². The van der Waals surface area contributed by atoms with Gasteiger partial charge in [-0.1, -0.05) is 23.8 Å². The molecule has 19 heavy (non-hydrogen) atoms. The Morgan fingerprint density at radius 1 is 1.16 bits per heavy atom. The topological polar surface area (TPSA) is 104 Å². The minimum Gasteiger partial charge on any atom is -0.459 e. The van der Waals surface area contributed by atoms with Gasteiger partial charge in [-0.05, 0) is 6.92 Å². The third kappa shape index (κ3) is 3.53. The maximum atomic E-state index is 11.3. The number of carbonyl (C=O) groups excluding carboxylic acids is 1. The molecular formula is C10H12N4O4S. The van der Waals surface area contributed by atoms with E-state index >= 15 is 0 Å². The van der Waals surface area contributed by atoms with Crippen molar-refractivity contribution >= 4 is 17.7 Å². The smallest absolute Gasteiger partial charge is 0.396 e. The predicted molar refractivity (Wildman–Crippen MR) is 63.5 cm³/mol. The molecule has 0 spiro atoms. The molecule has 0 atom stereocenters. The van der Waals surface area contributed by atoms with E-state index < -0.39 is 5.97 Å². The third-order valence-electron chi connectivity index (χ3n) is 1.99. The number of ether oxygens (including phenoxy) is 1. The van der Waals surface area contributed by atoms with Crippen LogP contribution in [0.4, 0.5) is 0 Å². The maximum absolute atomic E-state index is 11.3. The summed E-state index contributed by atoms with van der Waals surface area (Å²) in [4.78, 5) is 11.3. The van der Waals surface area contributed by atoms with Crippen molar-refractivity contribution in [1.29, 1.82) is 0 Å². The van der Waals surface area contributed by atoms with Crippen LogP contribution in [-0.4, -0.2) is 33.0 Å². The molecule has 0 saturated carbocycles. The van der Waals surface area contributed by atoms with Crippen molar-refractivity contribution in [3.8, 4) is 0 Å². The number of aryl methyl sites for hydroxylation is 1. The summed E-state index contributed by atoms with van der Waals surface area (Å²) in [5.41, 5.74) is 0. The number of aromatic nitrogens is 4. The first kappa shape index (κ1) is 13.5. The first-order valence-corrected chi connectivity index (χ1v) is 6.66. The Balaban J connectivity index is 1.91. The molecule has 0 radical (unpaired) electrons. The number of hydrogen-bond donors (Lipinski definition) is 0. The van der Waals surface area contributed by atoms with Gasteiger partial charge >= 0.3 is 11.9 Å². The largest absolute Gasteiger partial charge is 0.459 e. The molecule has 9 heteroatoms. The Morgan fingerprint density at radius 2 is 1.95 bits per heavy atom. The second kappa shape index (κ2) is 6.32. The van der Waals surface area contributed by atoms with Gasteiger partial charge in [0, 0.05) is 6.42 Å². The molecular weight excluding hydrogens is 272 g/mol. The monoisotopic (exact) mass is 284 g/mol. The van der Waals surface area contributed by atoms with Crippen molar-refractivity contribution < 1.29 is 18.4 Å². The van der Waals surface area contributed by atoms with E-state index in [-0.39, 0.29) is 17.7 Å². The van der Waals surface area contributed by atoms with Gasteiger partial charge in [0.2, 0.25) is 11.8 Å². The summed E-state index contributed by atoms with van der Waals surface area (Å²) < 4.78 is 15.2. The van der Waals surface area contributed by atoms with Crippen LogP contribution in [0.3, 0.4) is 0 Å². The minimum atomic E-state index is -0.632. The number of esters is 1. The molecule has 8 nitrogen and oxygen atoms in total. The standard InChI is InChI=1S/C10H12N4O4S/c1-3-6-11-12-7(17-6)5-19-10-14-13-8(18-10)9(15)16-4-2/h3-5H2,1-2H3. The van der Waals surface area contributed by atoms with E-state index in [1.54, 1.807) is 6.92 Å². The molecule has 0 aromatic carbocycles. The molecule has 0 unspecified atom stereocenters. The van der Waals surface area contributed by atoms with Crippen molar-refractivity contribution in [3.63, 3.8) is 0 Å². The van der Waals surface area contributed by atoms with E-state index in [1.807, 2.05) is 6.92 Å². The van der Waals surface area contributed by atoms with E-state index in [0.29, 0.717) is 24.0 Å². The van der Waals surface area contributed by atoms with Gasteiger partial charge in [-0.15, -0.1) is 15.3 Å². The van der Waals surface area contributed by atoms with Crippen molar-refractivity contribution in [3.05, 3.63) is 17.7 Å². The van der Waals surface area contributed by atoms with Crippen molar-refractivity contribution in [2.45, 2.75) is 31.2 Å². The number of nitrogens with zero attached hydrogens (tertiary/aromatic N) is 4. The van der Waals surface area contributed by atoms with Gasteiger partial charge in [0.15, 0.2) is 0 Å². The Hall–Kier alpha value is -1.90. The van der Waals surface area contributed by atoms with Crippen molar-refractivity contribution in [2.24, 2.45) is 0 Å². The van der Waals surface area contributed by atoms with Gasteiger partial charge in [-0.3, -0.25) is 0 Å². The lowest BCUT2D eigenvalue weighted by Crippen LogP contribution is -2.04. The van der Waals surface area contributed by atoms with Crippen LogP contribution in [-0.2, 0) is 16.9 Å². The fourth-order valence-electron chi connectivity index (χ4n) is 1.16. The Kier molecular flexibility index (Phi) is 4.50. The molecule has 0 saturated heterocycles. The first-order chi connectivity index (χ1) is 9.22. The summed E-state index contributed by atoms with van der Waals surface area (Å²) in [7, 11) is 0. The minimum absolute atomic E-state index is 0.163. The highest BCUT2D eigenvalue weighted by molar-refractivity contribution is 7.98. The molecule has 2 rings (SSSR count). The van der Waals surface area contributed by atoms with E-state index in [2.05, 4.69) is 20.4 Å². The van der Waals surface area contributed by atoms with Crippen LogP contribution in [0.25, 0.3) is 0 Å². The van der Waals surface area contributed by atoms with E-state index in [1.165, 1.54) is 11.8 Å². The summed E-state index contributed by atoms with van der Waals surface area (Å²) in [6.45, 7) is 3.88. The Morgan fingerprint density at radius 3 is 2.63 bits per heavy atom. The number of carbonyl (C=O) groups is 1. The molecule has 0 N–H and O–H groups in total. The van der Waals surface area contributed by atoms with Crippen LogP contribution >= 0.6 is 11.8 Å². The van der Waals surface area contributed by atoms with E-state index in [0.717, 1.165) is 0 Å². The van der Waals surface area contributed by atoms with Gasteiger partial charge in [-0.25, -0.2) is 4.79 Å². The maximum Gasteiger partial charge on any atom is 0.396 e. The lowest BCUT2D eigenvalue weighted by Gasteiger charge is -1.94. The summed E-state index contributed by atoms with van der Waals surface area (Å²) in [6.07, 6.45) is 0.686. The molecule has 0 bridgehead atoms. The molecule has 2 aromatic rings. The molecule has 2 aromatic heterocycles. The zero-order chi connectivity index (χ0) is 13.7. The lowest BCUT2D eigenvalue weighted by molar-refractivity contribution is 0.0475. The zero-order valence-corrected chi connectivity index (χ0v) is 11.3. The summed E-state index contributed by atoms with van der Waals surface area (Å²) in [5, 5.41) is 15.2. The third-order valence-corrected chi connectivity index (χ3v) is 2.79. The average Bonchev–Trinajstić information content (AvgIpc) is 3.06. The SMILES string of the molecule is CCOC(=O)c1nnc(SCc2nnc(CC)o2)o1. The van der Waals surface area contributed by atoms with Crippen LogP contribution < -0.4 is 0 Å². The number of rotatable bonds is 6. The molecule has 2 heterocycles. The Bertz CT molecular complexity index is 553. The van der Waals surface area contributed by atoms with Gasteiger partial charge in [0.1, 0.15) is 0 Å². The molecule has 0 aliphatic heterocycles. The molecule has 102 valence electrons.